The van der Waals surface area contributed by atoms with Gasteiger partial charge in [-0.1, -0.05) is 55.3 Å². The van der Waals surface area contributed by atoms with Crippen molar-refractivity contribution >= 4 is 34.2 Å². The molecular formula is C30H43ClN4O2S. The fraction of sp³-hybridized carbons (Fsp3) is 0.567. The molecule has 8 heteroatoms. The third-order valence-electron chi connectivity index (χ3n) is 7.74. The van der Waals surface area contributed by atoms with Gasteiger partial charge in [0, 0.05) is 61.9 Å². The fourth-order valence-corrected chi connectivity index (χ4v) is 6.57. The molecule has 0 aromatic heterocycles. The molecule has 208 valence electrons. The summed E-state index contributed by atoms with van der Waals surface area (Å²) in [4.78, 5) is 18.0. The van der Waals surface area contributed by atoms with Crippen LogP contribution in [0.15, 0.2) is 42.5 Å². The van der Waals surface area contributed by atoms with E-state index < -0.39 is 11.0 Å². The number of amides is 1. The predicted octanol–water partition coefficient (Wildman–Crippen LogP) is 5.05. The van der Waals surface area contributed by atoms with Crippen molar-refractivity contribution in [3.63, 3.8) is 0 Å². The van der Waals surface area contributed by atoms with Gasteiger partial charge in [0.25, 0.3) is 0 Å². The highest BCUT2D eigenvalue weighted by Gasteiger charge is 2.37. The number of carbonyl (C=O) groups is 1. The van der Waals surface area contributed by atoms with Crippen LogP contribution in [0.1, 0.15) is 63.3 Å². The molecule has 6 nitrogen and oxygen atoms in total. The first kappa shape index (κ1) is 29.1. The highest BCUT2D eigenvalue weighted by Crippen LogP contribution is 2.35. The second kappa shape index (κ2) is 12.1. The van der Waals surface area contributed by atoms with Crippen molar-refractivity contribution in [1.29, 1.82) is 0 Å². The van der Waals surface area contributed by atoms with Crippen LogP contribution in [0.25, 0.3) is 0 Å². The highest BCUT2D eigenvalue weighted by molar-refractivity contribution is 7.84. The van der Waals surface area contributed by atoms with Crippen LogP contribution in [-0.2, 0) is 15.8 Å². The molecule has 2 heterocycles. The average molecular weight is 559 g/mol. The molecule has 2 N–H and O–H groups in total. The third-order valence-corrected chi connectivity index (χ3v) is 9.57. The third kappa shape index (κ3) is 6.61. The molecule has 2 aromatic rings. The van der Waals surface area contributed by atoms with E-state index in [2.05, 4.69) is 53.9 Å². The van der Waals surface area contributed by atoms with Crippen molar-refractivity contribution in [1.82, 2.24) is 14.9 Å². The first-order valence-corrected chi connectivity index (χ1v) is 15.3. The molecule has 0 saturated carbocycles. The van der Waals surface area contributed by atoms with Crippen LogP contribution in [0.4, 0.5) is 5.69 Å². The van der Waals surface area contributed by atoms with E-state index in [0.717, 1.165) is 19.6 Å². The Hall–Kier alpha value is -1.93. The van der Waals surface area contributed by atoms with Gasteiger partial charge in [-0.15, -0.1) is 0 Å². The smallest absolute Gasteiger partial charge is 0.227 e. The van der Waals surface area contributed by atoms with Gasteiger partial charge in [0.2, 0.25) is 5.91 Å². The fourth-order valence-electron chi connectivity index (χ4n) is 5.46. The van der Waals surface area contributed by atoms with Gasteiger partial charge in [-0.3, -0.25) is 4.79 Å². The summed E-state index contributed by atoms with van der Waals surface area (Å²) in [5.41, 5.74) is 4.70. The summed E-state index contributed by atoms with van der Waals surface area (Å²) >= 11 is 6.09. The zero-order valence-electron chi connectivity index (χ0n) is 23.6. The number of carbonyl (C=O) groups excluding carboxylic acids is 1. The van der Waals surface area contributed by atoms with Crippen LogP contribution < -0.4 is 14.9 Å². The molecule has 4 rings (SSSR count). The lowest BCUT2D eigenvalue weighted by Gasteiger charge is -2.39. The van der Waals surface area contributed by atoms with E-state index in [1.54, 1.807) is 0 Å². The van der Waals surface area contributed by atoms with Crippen molar-refractivity contribution in [2.75, 3.05) is 44.2 Å². The van der Waals surface area contributed by atoms with Crippen LogP contribution in [0.2, 0.25) is 5.02 Å². The van der Waals surface area contributed by atoms with E-state index in [1.807, 2.05) is 49.9 Å². The lowest BCUT2D eigenvalue weighted by Crippen LogP contribution is -2.51. The number of anilines is 1. The van der Waals surface area contributed by atoms with Gasteiger partial charge in [-0.25, -0.2) is 8.93 Å². The SMILES string of the molecule is Cc1ccc(N2CCN(C(=O)C3CNCC3c3ccc(Cl)cc3)CC2)c([C@@H](NS(=O)C(C)(C)C)C(C)C)c1. The van der Waals surface area contributed by atoms with Crippen LogP contribution in [0, 0.1) is 18.8 Å². The van der Waals surface area contributed by atoms with Gasteiger partial charge < -0.3 is 15.1 Å². The van der Waals surface area contributed by atoms with E-state index in [4.69, 9.17) is 11.6 Å². The Kier molecular flexibility index (Phi) is 9.23. The molecule has 0 bridgehead atoms. The maximum Gasteiger partial charge on any atom is 0.227 e. The topological polar surface area (TPSA) is 64.7 Å². The minimum Gasteiger partial charge on any atom is -0.368 e. The summed E-state index contributed by atoms with van der Waals surface area (Å²) in [7, 11) is -1.18. The second-order valence-corrected chi connectivity index (χ2v) is 14.5. The van der Waals surface area contributed by atoms with Crippen molar-refractivity contribution in [3.8, 4) is 0 Å². The number of aryl methyl sites for hydroxylation is 1. The van der Waals surface area contributed by atoms with Gasteiger partial charge >= 0.3 is 0 Å². The highest BCUT2D eigenvalue weighted by atomic mass is 35.5. The zero-order chi connectivity index (χ0) is 27.6. The molecule has 1 amide bonds. The Balaban J connectivity index is 1.48. The Labute approximate surface area is 236 Å². The van der Waals surface area contributed by atoms with E-state index >= 15 is 0 Å². The van der Waals surface area contributed by atoms with Crippen molar-refractivity contribution in [3.05, 3.63) is 64.2 Å². The maximum absolute atomic E-state index is 13.6. The molecule has 0 radical (unpaired) electrons. The number of nitrogens with zero attached hydrogens (tertiary/aromatic N) is 2. The lowest BCUT2D eigenvalue weighted by molar-refractivity contribution is -0.135. The molecule has 38 heavy (non-hydrogen) atoms. The van der Waals surface area contributed by atoms with E-state index in [1.165, 1.54) is 22.4 Å². The van der Waals surface area contributed by atoms with Crippen LogP contribution in [0.5, 0.6) is 0 Å². The predicted molar refractivity (Wildman–Crippen MR) is 159 cm³/mol. The Morgan fingerprint density at radius 1 is 1.05 bits per heavy atom. The van der Waals surface area contributed by atoms with E-state index in [0.29, 0.717) is 24.7 Å². The zero-order valence-corrected chi connectivity index (χ0v) is 25.2. The standard InChI is InChI=1S/C30H43ClN4O2S/c1-20(2)28(33-38(37)30(4,5)6)24-17-21(3)7-12-27(24)34-13-15-35(16-14-34)29(36)26-19-32-18-25(26)22-8-10-23(31)11-9-22/h7-12,17,20,25-26,28,32-33H,13-16,18-19H2,1-6H3/t25?,26?,28-,38?/m0/s1. The monoisotopic (exact) mass is 558 g/mol. The molecule has 0 spiro atoms. The number of rotatable bonds is 7. The molecule has 2 fully saturated rings. The molecule has 2 saturated heterocycles. The number of nitrogens with one attached hydrogen (secondary N) is 2. The molecule has 4 atom stereocenters. The quantitative estimate of drug-likeness (QED) is 0.499. The van der Waals surface area contributed by atoms with Crippen LogP contribution in [0.3, 0.4) is 0 Å². The summed E-state index contributed by atoms with van der Waals surface area (Å²) < 4.78 is 16.1. The summed E-state index contributed by atoms with van der Waals surface area (Å²) in [6, 6.07) is 14.4. The van der Waals surface area contributed by atoms with Gasteiger partial charge in [0.15, 0.2) is 0 Å². The Morgan fingerprint density at radius 2 is 1.71 bits per heavy atom. The number of piperazine rings is 1. The van der Waals surface area contributed by atoms with Gasteiger partial charge in [-0.05, 0) is 62.9 Å². The first-order chi connectivity index (χ1) is 18.0. The summed E-state index contributed by atoms with van der Waals surface area (Å²) in [6.07, 6.45) is 0. The Morgan fingerprint density at radius 3 is 2.32 bits per heavy atom. The molecule has 0 aliphatic carbocycles. The van der Waals surface area contributed by atoms with Gasteiger partial charge in [0.1, 0.15) is 0 Å². The number of hydrogen-bond donors (Lipinski definition) is 2. The van der Waals surface area contributed by atoms with Crippen molar-refractivity contribution < 1.29 is 9.00 Å². The molecule has 2 aromatic carbocycles. The second-order valence-electron chi connectivity index (χ2n) is 12.0. The molecule has 2 aliphatic heterocycles. The first-order valence-electron chi connectivity index (χ1n) is 13.7. The van der Waals surface area contributed by atoms with Crippen molar-refractivity contribution in [2.45, 2.75) is 58.2 Å². The largest absolute Gasteiger partial charge is 0.368 e. The summed E-state index contributed by atoms with van der Waals surface area (Å²) in [5, 5.41) is 4.15. The average Bonchev–Trinajstić information content (AvgIpc) is 3.36. The number of benzene rings is 2. The molecule has 3 unspecified atom stereocenters. The van der Waals surface area contributed by atoms with E-state index in [9.17, 15) is 9.00 Å². The van der Waals surface area contributed by atoms with E-state index in [-0.39, 0.29) is 34.4 Å². The number of halogens is 1. The number of hydrogen-bond acceptors (Lipinski definition) is 4. The normalized spacial score (nSPS) is 22.1. The summed E-state index contributed by atoms with van der Waals surface area (Å²) in [6.45, 7) is 16.9. The van der Waals surface area contributed by atoms with Crippen molar-refractivity contribution in [2.24, 2.45) is 11.8 Å². The molecular weight excluding hydrogens is 516 g/mol. The van der Waals surface area contributed by atoms with Gasteiger partial charge in [0.05, 0.1) is 21.7 Å². The van der Waals surface area contributed by atoms with Crippen LogP contribution >= 0.6 is 11.6 Å². The molecule has 2 aliphatic rings. The minimum atomic E-state index is -1.18. The lowest BCUT2D eigenvalue weighted by atomic mass is 9.88. The van der Waals surface area contributed by atoms with Gasteiger partial charge in [-0.2, -0.15) is 0 Å². The Bertz CT molecular complexity index is 1140. The maximum atomic E-state index is 13.6. The summed E-state index contributed by atoms with van der Waals surface area (Å²) in [5.74, 6) is 0.619. The minimum absolute atomic E-state index is 0.0330. The van der Waals surface area contributed by atoms with Crippen LogP contribution in [-0.4, -0.2) is 59.0 Å².